The minimum atomic E-state index is -0.963. The van der Waals surface area contributed by atoms with Crippen LogP contribution in [0.25, 0.3) is 11.1 Å². The van der Waals surface area contributed by atoms with E-state index in [0.717, 1.165) is 11.1 Å². The Morgan fingerprint density at radius 2 is 1.74 bits per heavy atom. The zero-order chi connectivity index (χ0) is 23.9. The number of nitrogens with zero attached hydrogens (tertiary/aromatic N) is 1. The van der Waals surface area contributed by atoms with Gasteiger partial charge in [-0.15, -0.1) is 0 Å². The Balaban J connectivity index is 1.15. The molecule has 2 aromatic carbocycles. The van der Waals surface area contributed by atoms with Gasteiger partial charge in [0.05, 0.1) is 25.7 Å². The minimum Gasteiger partial charge on any atom is -0.481 e. The van der Waals surface area contributed by atoms with E-state index in [1.807, 2.05) is 24.3 Å². The number of morpholine rings is 1. The second kappa shape index (κ2) is 11.1. The summed E-state index contributed by atoms with van der Waals surface area (Å²) in [7, 11) is 0. The van der Waals surface area contributed by atoms with Crippen molar-refractivity contribution >= 4 is 18.0 Å². The second-order valence-electron chi connectivity index (χ2n) is 8.24. The van der Waals surface area contributed by atoms with Gasteiger partial charge in [0.25, 0.3) is 0 Å². The summed E-state index contributed by atoms with van der Waals surface area (Å²) in [5, 5.41) is 11.5. The lowest BCUT2D eigenvalue weighted by Gasteiger charge is -2.32. The number of carbonyl (C=O) groups excluding carboxylic acids is 2. The number of alkyl carbamates (subject to hydrolysis) is 1. The minimum absolute atomic E-state index is 0.00880. The largest absolute Gasteiger partial charge is 0.481 e. The number of ether oxygens (including phenoxy) is 3. The van der Waals surface area contributed by atoms with Crippen LogP contribution in [0, 0.1) is 0 Å². The van der Waals surface area contributed by atoms with Gasteiger partial charge in [0.15, 0.2) is 0 Å². The number of carboxylic acid groups (broad SMARTS) is 1. The van der Waals surface area contributed by atoms with E-state index < -0.39 is 18.2 Å². The SMILES string of the molecule is O=C(O)CC1CN(C(=O)COCCNC(=O)OCC2c3ccccc3-c3ccccc32)CCO1. The number of amides is 2. The molecule has 0 spiro atoms. The van der Waals surface area contributed by atoms with Crippen LogP contribution < -0.4 is 5.32 Å². The summed E-state index contributed by atoms with van der Waals surface area (Å²) in [5.74, 6) is -1.21. The van der Waals surface area contributed by atoms with E-state index in [1.165, 1.54) is 16.0 Å². The standard InChI is InChI=1S/C25H28N2O7/c28-23(27-10-12-33-17(14-27)13-24(29)30)16-32-11-9-26-25(31)34-15-22-20-7-3-1-5-18(20)19-6-2-4-8-21(19)22/h1-8,17,22H,9-16H2,(H,26,31)(H,29,30). The molecule has 180 valence electrons. The van der Waals surface area contributed by atoms with Crippen molar-refractivity contribution in [2.45, 2.75) is 18.4 Å². The van der Waals surface area contributed by atoms with E-state index in [1.54, 1.807) is 0 Å². The molecule has 1 fully saturated rings. The summed E-state index contributed by atoms with van der Waals surface area (Å²) >= 11 is 0. The van der Waals surface area contributed by atoms with Crippen LogP contribution in [0.1, 0.15) is 23.5 Å². The van der Waals surface area contributed by atoms with Crippen molar-refractivity contribution in [1.82, 2.24) is 10.2 Å². The topological polar surface area (TPSA) is 114 Å². The number of nitrogens with one attached hydrogen (secondary N) is 1. The third-order valence-electron chi connectivity index (χ3n) is 5.98. The van der Waals surface area contributed by atoms with Crippen LogP contribution in [0.15, 0.2) is 48.5 Å². The van der Waals surface area contributed by atoms with E-state index in [-0.39, 0.29) is 51.2 Å². The zero-order valence-electron chi connectivity index (χ0n) is 18.8. The number of hydrogen-bond donors (Lipinski definition) is 2. The Bertz CT molecular complexity index is 996. The number of aliphatic carboxylic acids is 1. The fraction of sp³-hybridized carbons (Fsp3) is 0.400. The first-order valence-corrected chi connectivity index (χ1v) is 11.3. The molecule has 0 saturated carbocycles. The Morgan fingerprint density at radius 1 is 1.06 bits per heavy atom. The van der Waals surface area contributed by atoms with Gasteiger partial charge in [-0.1, -0.05) is 48.5 Å². The third kappa shape index (κ3) is 5.73. The molecular weight excluding hydrogens is 440 g/mol. The molecule has 1 saturated heterocycles. The number of hydrogen-bond acceptors (Lipinski definition) is 6. The molecule has 2 aliphatic rings. The molecule has 1 heterocycles. The summed E-state index contributed by atoms with van der Waals surface area (Å²) in [6, 6.07) is 16.3. The number of fused-ring (bicyclic) bond motifs is 3. The molecular formula is C25H28N2O7. The molecule has 0 radical (unpaired) electrons. The predicted molar refractivity (Wildman–Crippen MR) is 122 cm³/mol. The Hall–Kier alpha value is -3.43. The van der Waals surface area contributed by atoms with Gasteiger partial charge in [-0.05, 0) is 22.3 Å². The molecule has 1 aliphatic carbocycles. The van der Waals surface area contributed by atoms with Gasteiger partial charge in [-0.3, -0.25) is 9.59 Å². The van der Waals surface area contributed by atoms with Crippen LogP contribution in [0.4, 0.5) is 4.79 Å². The molecule has 9 nitrogen and oxygen atoms in total. The van der Waals surface area contributed by atoms with Gasteiger partial charge in [0.1, 0.15) is 13.2 Å². The summed E-state index contributed by atoms with van der Waals surface area (Å²) in [5.41, 5.74) is 4.62. The average Bonchev–Trinajstić information content (AvgIpc) is 3.16. The van der Waals surface area contributed by atoms with Crippen LogP contribution >= 0.6 is 0 Å². The monoisotopic (exact) mass is 468 g/mol. The van der Waals surface area contributed by atoms with Crippen molar-refractivity contribution < 1.29 is 33.7 Å². The highest BCUT2D eigenvalue weighted by Gasteiger charge is 2.29. The molecule has 9 heteroatoms. The van der Waals surface area contributed by atoms with Crippen LogP contribution in [0.3, 0.4) is 0 Å². The molecule has 0 bridgehead atoms. The number of carboxylic acids is 1. The molecule has 2 N–H and O–H groups in total. The van der Waals surface area contributed by atoms with Gasteiger partial charge < -0.3 is 29.5 Å². The number of carbonyl (C=O) groups is 3. The second-order valence-corrected chi connectivity index (χ2v) is 8.24. The van der Waals surface area contributed by atoms with Gasteiger partial charge in [-0.25, -0.2) is 4.79 Å². The number of rotatable bonds is 9. The van der Waals surface area contributed by atoms with Crippen molar-refractivity contribution in [3.63, 3.8) is 0 Å². The molecule has 1 atom stereocenters. The number of benzene rings is 2. The first-order chi connectivity index (χ1) is 16.5. The predicted octanol–water partition coefficient (Wildman–Crippen LogP) is 2.24. The van der Waals surface area contributed by atoms with Crippen molar-refractivity contribution in [3.05, 3.63) is 59.7 Å². The van der Waals surface area contributed by atoms with E-state index in [0.29, 0.717) is 13.2 Å². The first-order valence-electron chi connectivity index (χ1n) is 11.3. The van der Waals surface area contributed by atoms with Crippen molar-refractivity contribution in [1.29, 1.82) is 0 Å². The average molecular weight is 469 g/mol. The lowest BCUT2D eigenvalue weighted by Crippen LogP contribution is -2.47. The van der Waals surface area contributed by atoms with Crippen molar-refractivity contribution in [2.75, 3.05) is 46.1 Å². The lowest BCUT2D eigenvalue weighted by atomic mass is 9.98. The Labute approximate surface area is 197 Å². The zero-order valence-corrected chi connectivity index (χ0v) is 18.8. The maximum atomic E-state index is 12.3. The highest BCUT2D eigenvalue weighted by atomic mass is 16.5. The molecule has 2 aromatic rings. The Morgan fingerprint density at radius 3 is 2.41 bits per heavy atom. The summed E-state index contributed by atoms with van der Waals surface area (Å²) < 4.78 is 16.2. The normalized spacial score (nSPS) is 17.1. The molecule has 1 aliphatic heterocycles. The quantitative estimate of drug-likeness (QED) is 0.543. The third-order valence-corrected chi connectivity index (χ3v) is 5.98. The smallest absolute Gasteiger partial charge is 0.407 e. The van der Waals surface area contributed by atoms with E-state index in [9.17, 15) is 14.4 Å². The van der Waals surface area contributed by atoms with E-state index >= 15 is 0 Å². The van der Waals surface area contributed by atoms with Gasteiger partial charge in [0.2, 0.25) is 5.91 Å². The van der Waals surface area contributed by atoms with Gasteiger partial charge in [0, 0.05) is 25.6 Å². The molecule has 2 amide bonds. The van der Waals surface area contributed by atoms with Crippen molar-refractivity contribution in [3.8, 4) is 11.1 Å². The molecule has 4 rings (SSSR count). The van der Waals surface area contributed by atoms with Crippen LogP contribution in [-0.2, 0) is 23.8 Å². The summed E-state index contributed by atoms with van der Waals surface area (Å²) in [6.07, 6.45) is -1.19. The summed E-state index contributed by atoms with van der Waals surface area (Å²) in [6.45, 7) is 1.36. The first kappa shape index (κ1) is 23.7. The van der Waals surface area contributed by atoms with Crippen LogP contribution in [0.5, 0.6) is 0 Å². The van der Waals surface area contributed by atoms with Gasteiger partial charge >= 0.3 is 12.1 Å². The van der Waals surface area contributed by atoms with E-state index in [4.69, 9.17) is 19.3 Å². The van der Waals surface area contributed by atoms with Crippen LogP contribution in [-0.4, -0.2) is 80.1 Å². The molecule has 1 unspecified atom stereocenters. The summed E-state index contributed by atoms with van der Waals surface area (Å²) in [4.78, 5) is 36.8. The lowest BCUT2D eigenvalue weighted by molar-refractivity contribution is -0.150. The maximum Gasteiger partial charge on any atom is 0.407 e. The van der Waals surface area contributed by atoms with Crippen molar-refractivity contribution in [2.24, 2.45) is 0 Å². The maximum absolute atomic E-state index is 12.3. The molecule has 34 heavy (non-hydrogen) atoms. The Kier molecular flexibility index (Phi) is 7.76. The van der Waals surface area contributed by atoms with Crippen LogP contribution in [0.2, 0.25) is 0 Å². The fourth-order valence-corrected chi connectivity index (χ4v) is 4.39. The van der Waals surface area contributed by atoms with Gasteiger partial charge in [-0.2, -0.15) is 0 Å². The highest BCUT2D eigenvalue weighted by Crippen LogP contribution is 2.44. The molecule has 0 aromatic heterocycles. The fourth-order valence-electron chi connectivity index (χ4n) is 4.39. The highest BCUT2D eigenvalue weighted by molar-refractivity contribution is 5.79. The van der Waals surface area contributed by atoms with E-state index in [2.05, 4.69) is 29.6 Å².